The van der Waals surface area contributed by atoms with Gasteiger partial charge in [0.1, 0.15) is 11.6 Å². The van der Waals surface area contributed by atoms with Crippen LogP contribution in [0.5, 0.6) is 0 Å². The first-order chi connectivity index (χ1) is 12.0. The van der Waals surface area contributed by atoms with Gasteiger partial charge in [-0.25, -0.2) is 21.9 Å². The van der Waals surface area contributed by atoms with Crippen LogP contribution in [0.15, 0.2) is 65.8 Å². The van der Waals surface area contributed by atoms with Crippen LogP contribution in [-0.2, 0) is 16.6 Å². The second kappa shape index (κ2) is 7.08. The largest absolute Gasteiger partial charge is 0.247 e. The maximum absolute atomic E-state index is 13.9. The summed E-state index contributed by atoms with van der Waals surface area (Å²) in [4.78, 5) is 0.280. The Hall–Kier alpha value is -2.65. The smallest absolute Gasteiger partial charge is 0.207 e. The van der Waals surface area contributed by atoms with Crippen LogP contribution in [0.3, 0.4) is 0 Å². The summed E-state index contributed by atoms with van der Waals surface area (Å²) >= 11 is 0. The quantitative estimate of drug-likeness (QED) is 0.728. The van der Waals surface area contributed by atoms with Gasteiger partial charge in [-0.1, -0.05) is 36.4 Å². The van der Waals surface area contributed by atoms with Crippen LogP contribution in [0.25, 0.3) is 0 Å². The van der Waals surface area contributed by atoms with Crippen molar-refractivity contribution >= 4 is 10.0 Å². The molecule has 3 rings (SSSR count). The average molecular weight is 364 g/mol. The molecular weight excluding hydrogens is 350 g/mol. The van der Waals surface area contributed by atoms with Gasteiger partial charge in [-0.2, -0.15) is 15.0 Å². The van der Waals surface area contributed by atoms with Crippen molar-refractivity contribution in [3.63, 3.8) is 0 Å². The van der Waals surface area contributed by atoms with Gasteiger partial charge in [0.25, 0.3) is 0 Å². The molecule has 2 aromatic carbocycles. The van der Waals surface area contributed by atoms with Gasteiger partial charge in [-0.05, 0) is 17.7 Å². The minimum atomic E-state index is -4.44. The van der Waals surface area contributed by atoms with E-state index in [1.807, 2.05) is 0 Å². The molecule has 1 unspecified atom stereocenters. The summed E-state index contributed by atoms with van der Waals surface area (Å²) in [5, 5.41) is 7.88. The molecule has 0 saturated heterocycles. The van der Waals surface area contributed by atoms with Gasteiger partial charge in [0.05, 0.1) is 25.0 Å². The molecule has 0 aliphatic heterocycles. The summed E-state index contributed by atoms with van der Waals surface area (Å²) in [6.07, 6.45) is 2.90. The molecule has 1 N–H and O–H groups in total. The van der Waals surface area contributed by atoms with Crippen LogP contribution in [0, 0.1) is 11.6 Å². The highest BCUT2D eigenvalue weighted by molar-refractivity contribution is 7.89. The summed E-state index contributed by atoms with van der Waals surface area (Å²) in [6, 6.07) is 10.7. The minimum Gasteiger partial charge on any atom is -0.207 e. The summed E-state index contributed by atoms with van der Waals surface area (Å²) in [5.41, 5.74) is 0.611. The van der Waals surface area contributed by atoms with Crippen molar-refractivity contribution in [3.05, 3.63) is 78.1 Å². The Bertz CT molecular complexity index is 927. The molecule has 1 aromatic heterocycles. The number of hydrogen-bond acceptors (Lipinski definition) is 4. The molecule has 3 aromatic rings. The van der Waals surface area contributed by atoms with Crippen molar-refractivity contribution < 1.29 is 17.2 Å². The van der Waals surface area contributed by atoms with Crippen LogP contribution in [-0.4, -0.2) is 23.4 Å². The van der Waals surface area contributed by atoms with E-state index in [4.69, 9.17) is 0 Å². The van der Waals surface area contributed by atoms with Crippen LogP contribution < -0.4 is 4.72 Å². The third kappa shape index (κ3) is 3.89. The summed E-state index contributed by atoms with van der Waals surface area (Å²) in [6.45, 7) is 0.0618. The lowest BCUT2D eigenvalue weighted by Gasteiger charge is -2.19. The second-order valence-electron chi connectivity index (χ2n) is 5.22. The molecule has 1 heterocycles. The Balaban J connectivity index is 1.97. The Morgan fingerprint density at radius 1 is 0.960 bits per heavy atom. The van der Waals surface area contributed by atoms with E-state index in [0.717, 1.165) is 18.2 Å². The number of nitrogens with one attached hydrogen (secondary N) is 1. The number of rotatable bonds is 6. The fraction of sp³-hybridized carbons (Fsp3) is 0.125. The number of benzene rings is 2. The zero-order chi connectivity index (χ0) is 17.9. The Kier molecular flexibility index (Phi) is 4.86. The first-order valence-corrected chi connectivity index (χ1v) is 8.81. The third-order valence-electron chi connectivity index (χ3n) is 3.50. The lowest BCUT2D eigenvalue weighted by molar-refractivity contribution is 0.440. The molecule has 130 valence electrons. The highest BCUT2D eigenvalue weighted by Crippen LogP contribution is 2.22. The van der Waals surface area contributed by atoms with E-state index >= 15 is 0 Å². The molecule has 9 heteroatoms. The first kappa shape index (κ1) is 17.2. The Morgan fingerprint density at radius 2 is 1.56 bits per heavy atom. The average Bonchev–Trinajstić information content (AvgIpc) is 3.07. The van der Waals surface area contributed by atoms with E-state index in [1.54, 1.807) is 30.3 Å². The maximum atomic E-state index is 13.9. The molecule has 0 saturated carbocycles. The van der Waals surface area contributed by atoms with Gasteiger partial charge in [0, 0.05) is 0 Å². The third-order valence-corrected chi connectivity index (χ3v) is 5.02. The monoisotopic (exact) mass is 364 g/mol. The molecule has 0 amide bonds. The van der Waals surface area contributed by atoms with Crippen molar-refractivity contribution in [2.75, 3.05) is 0 Å². The standard InChI is InChI=1S/C16H14F2N4O2S/c17-13-7-4-8-14(18)16(13)25(23,24)21-15(11-22-19-9-10-20-22)12-5-2-1-3-6-12/h1-10,15,21H,11H2. The number of hydrogen-bond donors (Lipinski definition) is 1. The van der Waals surface area contributed by atoms with Gasteiger partial charge in [0.2, 0.25) is 10.0 Å². The number of nitrogens with zero attached hydrogens (tertiary/aromatic N) is 3. The van der Waals surface area contributed by atoms with Crippen LogP contribution in [0.1, 0.15) is 11.6 Å². The van der Waals surface area contributed by atoms with Crippen molar-refractivity contribution in [3.8, 4) is 0 Å². The van der Waals surface area contributed by atoms with E-state index in [0.29, 0.717) is 5.56 Å². The molecule has 1 atom stereocenters. The second-order valence-corrected chi connectivity index (χ2v) is 6.87. The number of halogens is 2. The fourth-order valence-corrected chi connectivity index (χ4v) is 3.74. The Labute approximate surface area is 143 Å². The SMILES string of the molecule is O=S(=O)(NC(Cn1nccn1)c1ccccc1)c1c(F)cccc1F. The van der Waals surface area contributed by atoms with Crippen molar-refractivity contribution in [2.24, 2.45) is 0 Å². The molecule has 0 aliphatic carbocycles. The molecular formula is C16H14F2N4O2S. The highest BCUT2D eigenvalue weighted by Gasteiger charge is 2.28. The predicted octanol–water partition coefficient (Wildman–Crippen LogP) is 2.28. The number of sulfonamides is 1. The van der Waals surface area contributed by atoms with Crippen molar-refractivity contribution in [1.29, 1.82) is 0 Å². The highest BCUT2D eigenvalue weighted by atomic mass is 32.2. The normalized spacial score (nSPS) is 12.9. The lowest BCUT2D eigenvalue weighted by Crippen LogP contribution is -2.33. The van der Waals surface area contributed by atoms with Gasteiger partial charge in [-0.3, -0.25) is 0 Å². The minimum absolute atomic E-state index is 0.0618. The molecule has 25 heavy (non-hydrogen) atoms. The molecule has 0 spiro atoms. The molecule has 0 fully saturated rings. The van der Waals surface area contributed by atoms with Crippen LogP contribution >= 0.6 is 0 Å². The summed E-state index contributed by atoms with van der Waals surface area (Å²) in [7, 11) is -4.44. The zero-order valence-electron chi connectivity index (χ0n) is 12.9. The van der Waals surface area contributed by atoms with E-state index < -0.39 is 32.6 Å². The molecule has 0 aliphatic rings. The first-order valence-electron chi connectivity index (χ1n) is 7.33. The van der Waals surface area contributed by atoms with Crippen LogP contribution in [0.4, 0.5) is 8.78 Å². The van der Waals surface area contributed by atoms with E-state index in [-0.39, 0.29) is 6.54 Å². The van der Waals surface area contributed by atoms with Crippen molar-refractivity contribution in [1.82, 2.24) is 19.7 Å². The molecule has 6 nitrogen and oxygen atoms in total. The van der Waals surface area contributed by atoms with Gasteiger partial charge >= 0.3 is 0 Å². The summed E-state index contributed by atoms with van der Waals surface area (Å²) in [5.74, 6) is -2.31. The van der Waals surface area contributed by atoms with E-state index in [1.165, 1.54) is 17.2 Å². The van der Waals surface area contributed by atoms with Gasteiger partial charge in [-0.15, -0.1) is 0 Å². The molecule has 0 bridgehead atoms. The predicted molar refractivity (Wildman–Crippen MR) is 85.9 cm³/mol. The Morgan fingerprint density at radius 3 is 2.16 bits per heavy atom. The van der Waals surface area contributed by atoms with Crippen LogP contribution in [0.2, 0.25) is 0 Å². The van der Waals surface area contributed by atoms with E-state index in [9.17, 15) is 17.2 Å². The topological polar surface area (TPSA) is 76.9 Å². The van der Waals surface area contributed by atoms with Crippen molar-refractivity contribution in [2.45, 2.75) is 17.5 Å². The molecule has 0 radical (unpaired) electrons. The summed E-state index contributed by atoms with van der Waals surface area (Å²) < 4.78 is 55.2. The maximum Gasteiger partial charge on any atom is 0.247 e. The zero-order valence-corrected chi connectivity index (χ0v) is 13.7. The van der Waals surface area contributed by atoms with Gasteiger partial charge in [0.15, 0.2) is 4.90 Å². The lowest BCUT2D eigenvalue weighted by atomic mass is 10.1. The van der Waals surface area contributed by atoms with Gasteiger partial charge < -0.3 is 0 Å². The number of aromatic nitrogens is 3. The fourth-order valence-electron chi connectivity index (χ4n) is 2.38. The van der Waals surface area contributed by atoms with E-state index in [2.05, 4.69) is 14.9 Å².